The van der Waals surface area contributed by atoms with E-state index in [0.29, 0.717) is 36.0 Å². The summed E-state index contributed by atoms with van der Waals surface area (Å²) in [6, 6.07) is 26.9. The van der Waals surface area contributed by atoms with Gasteiger partial charge in [0.15, 0.2) is 5.82 Å². The Morgan fingerprint density at radius 3 is 2.09 bits per heavy atom. The second-order valence-electron chi connectivity index (χ2n) is 10.7. The van der Waals surface area contributed by atoms with Crippen molar-refractivity contribution >= 4 is 40.0 Å². The number of hydrogen-bond acceptors (Lipinski definition) is 7. The third-order valence-electron chi connectivity index (χ3n) is 7.36. The van der Waals surface area contributed by atoms with Gasteiger partial charge < -0.3 is 30.3 Å². The lowest BCUT2D eigenvalue weighted by atomic mass is 10.0. The van der Waals surface area contributed by atoms with Gasteiger partial charge in [-0.3, -0.25) is 4.79 Å². The smallest absolute Gasteiger partial charge is 0.323 e. The largest absolute Gasteiger partial charge is 0.508 e. The van der Waals surface area contributed by atoms with Crippen LogP contribution in [0.5, 0.6) is 5.75 Å². The average Bonchev–Trinajstić information content (AvgIpc) is 3.04. The molecule has 0 saturated carbocycles. The molecule has 0 unspecified atom stereocenters. The third-order valence-corrected chi connectivity index (χ3v) is 7.36. The van der Waals surface area contributed by atoms with Gasteiger partial charge in [0.25, 0.3) is 5.91 Å². The number of phenols is 1. The van der Waals surface area contributed by atoms with Gasteiger partial charge in [0, 0.05) is 55.1 Å². The van der Waals surface area contributed by atoms with Crippen LogP contribution in [0.1, 0.15) is 10.4 Å². The van der Waals surface area contributed by atoms with Crippen LogP contribution in [0.15, 0.2) is 91.0 Å². The molecule has 6 rings (SSSR count). The molecule has 1 aliphatic rings. The lowest BCUT2D eigenvalue weighted by Gasteiger charge is -2.29. The van der Waals surface area contributed by atoms with Gasteiger partial charge in [0.05, 0.1) is 18.7 Å². The Morgan fingerprint density at radius 1 is 0.795 bits per heavy atom. The van der Waals surface area contributed by atoms with Crippen molar-refractivity contribution in [1.29, 1.82) is 0 Å². The van der Waals surface area contributed by atoms with Gasteiger partial charge in [0.1, 0.15) is 11.6 Å². The van der Waals surface area contributed by atoms with E-state index in [2.05, 4.69) is 15.5 Å². The van der Waals surface area contributed by atoms with Gasteiger partial charge in [0.2, 0.25) is 0 Å². The number of fused-ring (bicyclic) bond motifs is 1. The lowest BCUT2D eigenvalue weighted by Crippen LogP contribution is -2.37. The Morgan fingerprint density at radius 2 is 1.43 bits per heavy atom. The van der Waals surface area contributed by atoms with Gasteiger partial charge in [-0.15, -0.1) is 0 Å². The minimum atomic E-state index is -0.402. The molecule has 1 saturated heterocycles. The SMILES string of the molecule is CN(C)C(=O)c1ccc(NC(=O)Nc2ccc(-c3nc(N4CCOCC4)c4ccc(-c5cccc(O)c5)cc4n3)cc2)cc1. The van der Waals surface area contributed by atoms with Gasteiger partial charge >= 0.3 is 6.03 Å². The molecular weight excluding hydrogens is 556 g/mol. The van der Waals surface area contributed by atoms with Crippen molar-refractivity contribution in [3.63, 3.8) is 0 Å². The molecule has 0 aliphatic carbocycles. The van der Waals surface area contributed by atoms with E-state index in [9.17, 15) is 14.7 Å². The molecule has 0 bridgehead atoms. The molecular formula is C34H32N6O4. The summed E-state index contributed by atoms with van der Waals surface area (Å²) in [7, 11) is 3.38. The Labute approximate surface area is 254 Å². The van der Waals surface area contributed by atoms with E-state index in [4.69, 9.17) is 14.7 Å². The van der Waals surface area contributed by atoms with Crippen LogP contribution in [0.25, 0.3) is 33.4 Å². The monoisotopic (exact) mass is 588 g/mol. The second-order valence-corrected chi connectivity index (χ2v) is 10.7. The number of anilines is 3. The van der Waals surface area contributed by atoms with Gasteiger partial charge in [-0.05, 0) is 83.9 Å². The summed E-state index contributed by atoms with van der Waals surface area (Å²) in [4.78, 5) is 38.4. The zero-order valence-corrected chi connectivity index (χ0v) is 24.4. The number of nitrogens with one attached hydrogen (secondary N) is 2. The first-order valence-electron chi connectivity index (χ1n) is 14.3. The molecule has 222 valence electrons. The minimum Gasteiger partial charge on any atom is -0.508 e. The highest BCUT2D eigenvalue weighted by Gasteiger charge is 2.19. The minimum absolute atomic E-state index is 0.106. The van der Waals surface area contributed by atoms with E-state index in [0.717, 1.165) is 46.5 Å². The summed E-state index contributed by atoms with van der Waals surface area (Å²) in [5, 5.41) is 16.6. The Bertz CT molecular complexity index is 1820. The summed E-state index contributed by atoms with van der Waals surface area (Å²) in [5.41, 5.74) is 5.14. The number of ether oxygens (including phenoxy) is 1. The number of rotatable bonds is 6. The van der Waals surface area contributed by atoms with Crippen molar-refractivity contribution in [1.82, 2.24) is 14.9 Å². The number of aromatic hydroxyl groups is 1. The van der Waals surface area contributed by atoms with Crippen LogP contribution in [0.3, 0.4) is 0 Å². The van der Waals surface area contributed by atoms with E-state index in [1.54, 1.807) is 62.6 Å². The molecule has 44 heavy (non-hydrogen) atoms. The van der Waals surface area contributed by atoms with Crippen molar-refractivity contribution in [3.05, 3.63) is 96.6 Å². The molecule has 1 aliphatic heterocycles. The fourth-order valence-electron chi connectivity index (χ4n) is 5.07. The summed E-state index contributed by atoms with van der Waals surface area (Å²) in [5.74, 6) is 1.51. The van der Waals surface area contributed by atoms with E-state index in [1.165, 1.54) is 4.90 Å². The maximum Gasteiger partial charge on any atom is 0.323 e. The summed E-state index contributed by atoms with van der Waals surface area (Å²) in [6.07, 6.45) is 0. The Kier molecular flexibility index (Phi) is 8.07. The molecule has 3 N–H and O–H groups in total. The average molecular weight is 589 g/mol. The molecule has 3 amide bonds. The van der Waals surface area contributed by atoms with E-state index in [1.807, 2.05) is 42.5 Å². The highest BCUT2D eigenvalue weighted by molar-refractivity contribution is 6.00. The van der Waals surface area contributed by atoms with Crippen molar-refractivity contribution in [2.24, 2.45) is 0 Å². The maximum atomic E-state index is 12.6. The number of carbonyl (C=O) groups is 2. The van der Waals surface area contributed by atoms with Crippen LogP contribution < -0.4 is 15.5 Å². The number of amides is 3. The van der Waals surface area contributed by atoms with Crippen molar-refractivity contribution < 1.29 is 19.4 Å². The number of phenolic OH excluding ortho intramolecular Hbond substituents is 1. The molecule has 0 spiro atoms. The number of hydrogen-bond donors (Lipinski definition) is 3. The van der Waals surface area contributed by atoms with Crippen molar-refractivity contribution in [2.45, 2.75) is 0 Å². The molecule has 1 fully saturated rings. The number of benzene rings is 4. The molecule has 10 heteroatoms. The standard InChI is InChI=1S/C34H32N6O4/c1-39(2)33(42)23-8-13-27(14-9-23)36-34(43)35-26-11-6-22(7-12-26)31-37-30-21-25(24-4-3-5-28(41)20-24)10-15-29(30)32(38-31)40-16-18-44-19-17-40/h3-15,20-21,41H,16-19H2,1-2H3,(H2,35,36,43). The van der Waals surface area contributed by atoms with Crippen LogP contribution in [0, 0.1) is 0 Å². The summed E-state index contributed by atoms with van der Waals surface area (Å²) in [6.45, 7) is 2.71. The molecule has 10 nitrogen and oxygen atoms in total. The topological polar surface area (TPSA) is 120 Å². The normalized spacial score (nSPS) is 13.0. The maximum absolute atomic E-state index is 12.6. The van der Waals surface area contributed by atoms with Crippen molar-refractivity contribution in [2.75, 3.05) is 55.9 Å². The van der Waals surface area contributed by atoms with Crippen LogP contribution >= 0.6 is 0 Å². The molecule has 2 heterocycles. The van der Waals surface area contributed by atoms with Gasteiger partial charge in [-0.25, -0.2) is 14.8 Å². The van der Waals surface area contributed by atoms with E-state index in [-0.39, 0.29) is 11.7 Å². The van der Waals surface area contributed by atoms with E-state index >= 15 is 0 Å². The fourth-order valence-corrected chi connectivity index (χ4v) is 5.07. The second kappa shape index (κ2) is 12.4. The number of urea groups is 1. The predicted octanol–water partition coefficient (Wildman–Crippen LogP) is 5.85. The first-order chi connectivity index (χ1) is 21.3. The van der Waals surface area contributed by atoms with Crippen LogP contribution in [-0.4, -0.2) is 72.3 Å². The zero-order chi connectivity index (χ0) is 30.6. The number of nitrogens with zero attached hydrogens (tertiary/aromatic N) is 4. The highest BCUT2D eigenvalue weighted by atomic mass is 16.5. The molecule has 0 radical (unpaired) electrons. The first kappa shape index (κ1) is 28.6. The Balaban J connectivity index is 1.24. The van der Waals surface area contributed by atoms with Crippen molar-refractivity contribution in [3.8, 4) is 28.3 Å². The molecule has 1 aromatic heterocycles. The van der Waals surface area contributed by atoms with Crippen LogP contribution in [-0.2, 0) is 4.74 Å². The fraction of sp³-hybridized carbons (Fsp3) is 0.176. The van der Waals surface area contributed by atoms with E-state index < -0.39 is 6.03 Å². The third kappa shape index (κ3) is 6.30. The summed E-state index contributed by atoms with van der Waals surface area (Å²) < 4.78 is 5.58. The predicted molar refractivity (Wildman–Crippen MR) is 172 cm³/mol. The molecule has 4 aromatic carbocycles. The van der Waals surface area contributed by atoms with Crippen LogP contribution in [0.2, 0.25) is 0 Å². The number of aromatic nitrogens is 2. The first-order valence-corrected chi connectivity index (χ1v) is 14.3. The van der Waals surface area contributed by atoms with Crippen LogP contribution in [0.4, 0.5) is 22.0 Å². The number of morpholine rings is 1. The lowest BCUT2D eigenvalue weighted by molar-refractivity contribution is 0.0827. The summed E-state index contributed by atoms with van der Waals surface area (Å²) >= 11 is 0. The molecule has 5 aromatic rings. The quantitative estimate of drug-likeness (QED) is 0.228. The van der Waals surface area contributed by atoms with Gasteiger partial charge in [-0.2, -0.15) is 0 Å². The Hall–Kier alpha value is -5.48. The highest BCUT2D eigenvalue weighted by Crippen LogP contribution is 2.32. The van der Waals surface area contributed by atoms with Gasteiger partial charge in [-0.1, -0.05) is 18.2 Å². The number of carbonyl (C=O) groups excluding carboxylic acids is 2. The zero-order valence-electron chi connectivity index (χ0n) is 24.4. The molecule has 0 atom stereocenters.